The summed E-state index contributed by atoms with van der Waals surface area (Å²) >= 11 is 6.78. The van der Waals surface area contributed by atoms with Gasteiger partial charge in [-0.25, -0.2) is 0 Å². The van der Waals surface area contributed by atoms with Crippen LogP contribution in [0, 0.1) is 0 Å². The van der Waals surface area contributed by atoms with E-state index in [-0.39, 0.29) is 23.7 Å². The third kappa shape index (κ3) is 7.90. The summed E-state index contributed by atoms with van der Waals surface area (Å²) in [7, 11) is 0. The third-order valence-corrected chi connectivity index (χ3v) is 7.94. The van der Waals surface area contributed by atoms with E-state index in [9.17, 15) is 40.7 Å². The molecule has 8 nitrogen and oxygen atoms in total. The van der Waals surface area contributed by atoms with Gasteiger partial charge < -0.3 is 20.3 Å². The molecule has 0 bridgehead atoms. The van der Waals surface area contributed by atoms with Crippen LogP contribution in [0.15, 0.2) is 30.3 Å². The van der Waals surface area contributed by atoms with Gasteiger partial charge >= 0.3 is 12.4 Å². The van der Waals surface area contributed by atoms with Gasteiger partial charge in [0.2, 0.25) is 5.91 Å². The molecule has 16 heteroatoms. The van der Waals surface area contributed by atoms with Crippen molar-refractivity contribution in [1.29, 1.82) is 0 Å². The molecular formula is C25H25ClF6N4O4S. The monoisotopic (exact) mass is 626 g/mol. The molecule has 2 fully saturated rings. The molecule has 1 saturated heterocycles. The lowest BCUT2D eigenvalue weighted by molar-refractivity contribution is -0.163. The Morgan fingerprint density at radius 3 is 2.44 bits per heavy atom. The number of morpholine rings is 1. The Morgan fingerprint density at radius 2 is 1.88 bits per heavy atom. The van der Waals surface area contributed by atoms with E-state index in [0.29, 0.717) is 29.7 Å². The topological polar surface area (TPSA) is 91.0 Å². The van der Waals surface area contributed by atoms with Crippen molar-refractivity contribution in [3.8, 4) is 0 Å². The number of benzene rings is 1. The predicted octanol–water partition coefficient (Wildman–Crippen LogP) is 4.94. The highest BCUT2D eigenvalue weighted by molar-refractivity contribution is 7.18. The minimum Gasteiger partial charge on any atom is -0.370 e. The van der Waals surface area contributed by atoms with Gasteiger partial charge in [0.05, 0.1) is 33.6 Å². The SMILES string of the molecule is O=C(NC[C@H](C(=O)Nc1ccc(N2CCOCC2=O)c(C(F)(F)F)c1)N(CC(F)(F)F)C1CCC1)c1ccc(Cl)s1. The predicted molar refractivity (Wildman–Crippen MR) is 139 cm³/mol. The zero-order valence-corrected chi connectivity index (χ0v) is 22.9. The van der Waals surface area contributed by atoms with Crippen molar-refractivity contribution in [1.82, 2.24) is 10.2 Å². The number of nitrogens with zero attached hydrogens (tertiary/aromatic N) is 2. The first-order valence-corrected chi connectivity index (χ1v) is 13.7. The first-order chi connectivity index (χ1) is 19.2. The molecule has 0 radical (unpaired) electrons. The Labute approximate surface area is 239 Å². The number of carbonyl (C=O) groups excluding carboxylic acids is 3. The molecule has 224 valence electrons. The van der Waals surface area contributed by atoms with E-state index in [2.05, 4.69) is 10.6 Å². The van der Waals surface area contributed by atoms with Crippen LogP contribution < -0.4 is 15.5 Å². The van der Waals surface area contributed by atoms with Gasteiger partial charge in [-0.15, -0.1) is 11.3 Å². The molecule has 1 aromatic heterocycles. The number of carbonyl (C=O) groups is 3. The van der Waals surface area contributed by atoms with Gasteiger partial charge in [-0.05, 0) is 43.2 Å². The number of hydrogen-bond acceptors (Lipinski definition) is 6. The van der Waals surface area contributed by atoms with Crippen LogP contribution >= 0.6 is 22.9 Å². The molecule has 2 aliphatic rings. The van der Waals surface area contributed by atoms with Gasteiger partial charge in [0.1, 0.15) is 12.6 Å². The van der Waals surface area contributed by atoms with E-state index < -0.39 is 73.1 Å². The van der Waals surface area contributed by atoms with Crippen LogP contribution in [0.5, 0.6) is 0 Å². The average molecular weight is 627 g/mol. The van der Waals surface area contributed by atoms with Crippen molar-refractivity contribution >= 4 is 52.0 Å². The highest BCUT2D eigenvalue weighted by atomic mass is 35.5. The number of thiophene rings is 1. The number of amides is 3. The fourth-order valence-corrected chi connectivity index (χ4v) is 5.53. The smallest absolute Gasteiger partial charge is 0.370 e. The summed E-state index contributed by atoms with van der Waals surface area (Å²) in [6, 6.07) is 3.47. The lowest BCUT2D eigenvalue weighted by Crippen LogP contribution is -2.58. The summed E-state index contributed by atoms with van der Waals surface area (Å²) < 4.78 is 87.8. The van der Waals surface area contributed by atoms with E-state index in [1.54, 1.807) is 0 Å². The average Bonchev–Trinajstić information content (AvgIpc) is 3.28. The van der Waals surface area contributed by atoms with Crippen LogP contribution in [0.3, 0.4) is 0 Å². The maximum absolute atomic E-state index is 14.0. The van der Waals surface area contributed by atoms with Gasteiger partial charge in [0.25, 0.3) is 11.8 Å². The fraction of sp³-hybridized carbons (Fsp3) is 0.480. The van der Waals surface area contributed by atoms with Crippen LogP contribution in [0.4, 0.5) is 37.7 Å². The van der Waals surface area contributed by atoms with Crippen LogP contribution in [-0.4, -0.2) is 73.7 Å². The molecule has 2 N–H and O–H groups in total. The van der Waals surface area contributed by atoms with Gasteiger partial charge in [-0.1, -0.05) is 18.0 Å². The number of alkyl halides is 6. The molecule has 1 aliphatic heterocycles. The molecule has 1 atom stereocenters. The molecule has 1 aromatic carbocycles. The standard InChI is InChI=1S/C25H25ClF6N4O4S/c26-20-7-6-19(41-20)23(39)33-11-18(36(13-24(27,28)29)15-2-1-3-15)22(38)34-14-4-5-17(16(10-14)25(30,31)32)35-8-9-40-12-21(35)37/h4-7,10,15,18H,1-3,8-9,11-13H2,(H,33,39)(H,34,38)/t18-/m1/s1. The highest BCUT2D eigenvalue weighted by Crippen LogP contribution is 2.39. The fourth-order valence-electron chi connectivity index (χ4n) is 4.57. The van der Waals surface area contributed by atoms with Gasteiger partial charge in [0.15, 0.2) is 0 Å². The second-order valence-corrected chi connectivity index (χ2v) is 11.2. The number of anilines is 2. The zero-order valence-electron chi connectivity index (χ0n) is 21.3. The Morgan fingerprint density at radius 1 is 1.15 bits per heavy atom. The molecule has 0 spiro atoms. The third-order valence-electron chi connectivity index (χ3n) is 6.71. The zero-order chi connectivity index (χ0) is 29.9. The highest BCUT2D eigenvalue weighted by Gasteiger charge is 2.42. The van der Waals surface area contributed by atoms with Gasteiger partial charge in [-0.3, -0.25) is 19.3 Å². The molecule has 3 amide bonds. The molecule has 0 unspecified atom stereocenters. The first kappa shape index (κ1) is 31.1. The molecule has 2 aromatic rings. The number of hydrogen-bond donors (Lipinski definition) is 2. The van der Waals surface area contributed by atoms with Crippen molar-refractivity contribution in [2.24, 2.45) is 0 Å². The van der Waals surface area contributed by atoms with E-state index in [1.807, 2.05) is 0 Å². The Bertz CT molecular complexity index is 1280. The van der Waals surface area contributed by atoms with Crippen molar-refractivity contribution < 1.29 is 45.5 Å². The quantitative estimate of drug-likeness (QED) is 0.385. The van der Waals surface area contributed by atoms with E-state index in [0.717, 1.165) is 33.3 Å². The molecule has 1 saturated carbocycles. The molecule has 1 aliphatic carbocycles. The first-order valence-electron chi connectivity index (χ1n) is 12.5. The van der Waals surface area contributed by atoms with Crippen LogP contribution in [-0.2, 0) is 20.5 Å². The lowest BCUT2D eigenvalue weighted by atomic mass is 9.90. The molecular weight excluding hydrogens is 602 g/mol. The summed E-state index contributed by atoms with van der Waals surface area (Å²) in [5, 5.41) is 4.73. The van der Waals surface area contributed by atoms with E-state index in [1.165, 1.54) is 12.1 Å². The van der Waals surface area contributed by atoms with Crippen molar-refractivity contribution in [3.05, 3.63) is 45.1 Å². The van der Waals surface area contributed by atoms with Crippen LogP contribution in [0.25, 0.3) is 0 Å². The van der Waals surface area contributed by atoms with E-state index >= 15 is 0 Å². The second-order valence-electron chi connectivity index (χ2n) is 9.52. The summed E-state index contributed by atoms with van der Waals surface area (Å²) in [5.41, 5.74) is -1.99. The Kier molecular flexibility index (Phi) is 9.51. The van der Waals surface area contributed by atoms with Crippen LogP contribution in [0.1, 0.15) is 34.5 Å². The van der Waals surface area contributed by atoms with Crippen molar-refractivity contribution in [2.45, 2.75) is 43.7 Å². The summed E-state index contributed by atoms with van der Waals surface area (Å²) in [4.78, 5) is 40.1. The lowest BCUT2D eigenvalue weighted by Gasteiger charge is -2.42. The van der Waals surface area contributed by atoms with Crippen molar-refractivity contribution in [2.75, 3.05) is 43.1 Å². The Hall–Kier alpha value is -2.88. The number of ether oxygens (including phenoxy) is 1. The number of halogens is 7. The Balaban J connectivity index is 1.61. The van der Waals surface area contributed by atoms with Gasteiger partial charge in [0, 0.05) is 24.8 Å². The van der Waals surface area contributed by atoms with Crippen LogP contribution in [0.2, 0.25) is 4.34 Å². The second kappa shape index (κ2) is 12.5. The molecule has 2 heterocycles. The summed E-state index contributed by atoms with van der Waals surface area (Å²) in [5.74, 6) is -2.38. The van der Waals surface area contributed by atoms with Gasteiger partial charge in [-0.2, -0.15) is 26.3 Å². The number of rotatable bonds is 9. The van der Waals surface area contributed by atoms with Crippen molar-refractivity contribution in [3.63, 3.8) is 0 Å². The maximum Gasteiger partial charge on any atom is 0.418 e. The summed E-state index contributed by atoms with van der Waals surface area (Å²) in [6.45, 7) is -2.47. The molecule has 4 rings (SSSR count). The minimum absolute atomic E-state index is 0.0306. The normalized spacial score (nSPS) is 17.4. The molecule has 41 heavy (non-hydrogen) atoms. The maximum atomic E-state index is 14.0. The van der Waals surface area contributed by atoms with E-state index in [4.69, 9.17) is 16.3 Å². The minimum atomic E-state index is -4.92. The number of nitrogens with one attached hydrogen (secondary N) is 2. The largest absolute Gasteiger partial charge is 0.418 e. The summed E-state index contributed by atoms with van der Waals surface area (Å²) in [6.07, 6.45) is -8.19.